The lowest BCUT2D eigenvalue weighted by molar-refractivity contribution is -0.127. The van der Waals surface area contributed by atoms with Crippen molar-refractivity contribution in [1.29, 1.82) is 0 Å². The van der Waals surface area contributed by atoms with Gasteiger partial charge in [-0.15, -0.1) is 0 Å². The van der Waals surface area contributed by atoms with Gasteiger partial charge in [-0.25, -0.2) is 0 Å². The molecule has 2 heteroatoms. The smallest absolute Gasteiger partial charge is 0.155 e. The quantitative estimate of drug-likeness (QED) is 0.573. The van der Waals surface area contributed by atoms with Crippen molar-refractivity contribution >= 4 is 11.6 Å². The summed E-state index contributed by atoms with van der Waals surface area (Å²) in [6.45, 7) is 3.85. The average molecular weight is 180 g/mol. The molecule has 0 aromatic carbocycles. The highest BCUT2D eigenvalue weighted by Crippen LogP contribution is 2.26. The first-order chi connectivity index (χ1) is 6.02. The maximum Gasteiger partial charge on any atom is 0.155 e. The Kier molecular flexibility index (Phi) is 3.02. The molecule has 13 heavy (non-hydrogen) atoms. The molecule has 0 aromatic rings. The van der Waals surface area contributed by atoms with Crippen molar-refractivity contribution < 1.29 is 9.59 Å². The normalized spacial score (nSPS) is 26.0. The zero-order valence-corrected chi connectivity index (χ0v) is 8.30. The van der Waals surface area contributed by atoms with Crippen molar-refractivity contribution in [2.75, 3.05) is 0 Å². The molecule has 0 aliphatic heterocycles. The van der Waals surface area contributed by atoms with Crippen LogP contribution in [0.25, 0.3) is 0 Å². The summed E-state index contributed by atoms with van der Waals surface area (Å²) in [5.74, 6) is 0.412. The number of Topliss-reactive ketones (excluding diaryl/α,β-unsaturated/α-hetero) is 1. The number of hydrogen-bond donors (Lipinski definition) is 0. The number of allylic oxidation sites excluding steroid dienone is 2. The molecule has 0 aromatic heterocycles. The van der Waals surface area contributed by atoms with Gasteiger partial charge in [0.2, 0.25) is 0 Å². The van der Waals surface area contributed by atoms with E-state index in [4.69, 9.17) is 0 Å². The number of hydrogen-bond acceptors (Lipinski definition) is 2. The molecule has 0 spiro atoms. The van der Waals surface area contributed by atoms with E-state index in [0.29, 0.717) is 25.7 Å². The van der Waals surface area contributed by atoms with Gasteiger partial charge in [-0.2, -0.15) is 0 Å². The van der Waals surface area contributed by atoms with Crippen molar-refractivity contribution in [3.63, 3.8) is 0 Å². The van der Waals surface area contributed by atoms with Crippen LogP contribution in [0.15, 0.2) is 12.2 Å². The summed E-state index contributed by atoms with van der Waals surface area (Å²) in [5.41, 5.74) is -0.318. The Labute approximate surface area is 79.0 Å². The van der Waals surface area contributed by atoms with Crippen LogP contribution in [0.4, 0.5) is 0 Å². The highest BCUT2D eigenvalue weighted by Gasteiger charge is 2.27. The van der Waals surface area contributed by atoms with E-state index >= 15 is 0 Å². The van der Waals surface area contributed by atoms with Crippen LogP contribution in [0, 0.1) is 5.41 Å². The van der Waals surface area contributed by atoms with E-state index in [2.05, 4.69) is 0 Å². The predicted molar refractivity (Wildman–Crippen MR) is 51.4 cm³/mol. The van der Waals surface area contributed by atoms with Crippen LogP contribution in [-0.2, 0) is 9.59 Å². The van der Waals surface area contributed by atoms with Gasteiger partial charge in [0.05, 0.1) is 0 Å². The summed E-state index contributed by atoms with van der Waals surface area (Å²) in [5, 5.41) is 0. The fraction of sp³-hybridized carbons (Fsp3) is 0.636. The van der Waals surface area contributed by atoms with Gasteiger partial charge in [-0.3, -0.25) is 9.59 Å². The molecule has 0 fully saturated rings. The van der Waals surface area contributed by atoms with Crippen LogP contribution in [0.5, 0.6) is 0 Å². The van der Waals surface area contributed by atoms with Gasteiger partial charge in [0, 0.05) is 18.3 Å². The van der Waals surface area contributed by atoms with Crippen molar-refractivity contribution in [2.24, 2.45) is 5.41 Å². The predicted octanol–water partition coefficient (Wildman–Crippen LogP) is 2.28. The molecule has 0 atom stereocenters. The molecule has 0 radical (unpaired) electrons. The van der Waals surface area contributed by atoms with Crippen molar-refractivity contribution in [1.82, 2.24) is 0 Å². The van der Waals surface area contributed by atoms with E-state index < -0.39 is 0 Å². The minimum atomic E-state index is -0.318. The Morgan fingerprint density at radius 1 is 1.23 bits per heavy atom. The first kappa shape index (κ1) is 10.2. The molecule has 0 unspecified atom stereocenters. The van der Waals surface area contributed by atoms with Gasteiger partial charge in [0.25, 0.3) is 0 Å². The van der Waals surface area contributed by atoms with Crippen LogP contribution in [0.3, 0.4) is 0 Å². The zero-order chi connectivity index (χ0) is 9.90. The summed E-state index contributed by atoms with van der Waals surface area (Å²) >= 11 is 0. The Morgan fingerprint density at radius 2 is 1.92 bits per heavy atom. The Balaban J connectivity index is 2.73. The molecule has 0 bridgehead atoms. The van der Waals surface area contributed by atoms with E-state index in [1.165, 1.54) is 0 Å². The third-order valence-electron chi connectivity index (χ3n) is 2.59. The molecule has 0 N–H and O–H groups in total. The molecule has 1 aliphatic rings. The lowest BCUT2D eigenvalue weighted by Gasteiger charge is -2.21. The molecule has 1 rings (SSSR count). The summed E-state index contributed by atoms with van der Waals surface area (Å²) < 4.78 is 0. The maximum absolute atomic E-state index is 11.6. The topological polar surface area (TPSA) is 34.1 Å². The fourth-order valence-electron chi connectivity index (χ4n) is 1.43. The minimum Gasteiger partial charge on any atom is -0.299 e. The highest BCUT2D eigenvalue weighted by molar-refractivity contribution is 5.91. The van der Waals surface area contributed by atoms with E-state index in [1.807, 2.05) is 19.9 Å². The average Bonchev–Trinajstić information content (AvgIpc) is 2.11. The summed E-state index contributed by atoms with van der Waals surface area (Å²) in [6, 6.07) is 0. The third kappa shape index (κ3) is 2.79. The second kappa shape index (κ2) is 3.86. The van der Waals surface area contributed by atoms with E-state index in [0.717, 1.165) is 0 Å². The first-order valence-electron chi connectivity index (χ1n) is 4.75. The van der Waals surface area contributed by atoms with Crippen molar-refractivity contribution in [2.45, 2.75) is 39.5 Å². The molecular weight excluding hydrogens is 164 g/mol. The lowest BCUT2D eigenvalue weighted by Crippen LogP contribution is -2.24. The Hall–Kier alpha value is -0.920. The summed E-state index contributed by atoms with van der Waals surface area (Å²) in [4.78, 5) is 22.8. The molecule has 0 amide bonds. The van der Waals surface area contributed by atoms with Gasteiger partial charge >= 0.3 is 0 Å². The second-order valence-corrected chi connectivity index (χ2v) is 4.21. The van der Waals surface area contributed by atoms with Crippen LogP contribution < -0.4 is 0 Å². The van der Waals surface area contributed by atoms with Gasteiger partial charge in [-0.05, 0) is 18.9 Å². The Bertz CT molecular complexity index is 249. The van der Waals surface area contributed by atoms with Gasteiger partial charge in [0.1, 0.15) is 5.78 Å². The molecule has 0 heterocycles. The molecule has 72 valence electrons. The van der Waals surface area contributed by atoms with Crippen LogP contribution in [0.2, 0.25) is 0 Å². The van der Waals surface area contributed by atoms with Crippen molar-refractivity contribution in [3.05, 3.63) is 12.2 Å². The van der Waals surface area contributed by atoms with Crippen LogP contribution in [0.1, 0.15) is 39.5 Å². The van der Waals surface area contributed by atoms with E-state index in [1.54, 1.807) is 6.08 Å². The standard InChI is InChI=1S/C11H16O2/c1-11(2)8-7-9(12)5-3-4-6-10(11)13/h3,5H,4,6-8H2,1-2H3/b5-3+. The molecule has 0 saturated carbocycles. The molecular formula is C11H16O2. The van der Waals surface area contributed by atoms with Gasteiger partial charge < -0.3 is 0 Å². The first-order valence-corrected chi connectivity index (χ1v) is 4.75. The van der Waals surface area contributed by atoms with E-state index in [9.17, 15) is 9.59 Å². The maximum atomic E-state index is 11.6. The number of rotatable bonds is 0. The number of ketones is 2. The number of carbonyl (C=O) groups excluding carboxylic acids is 2. The molecule has 2 nitrogen and oxygen atoms in total. The lowest BCUT2D eigenvalue weighted by atomic mass is 9.81. The van der Waals surface area contributed by atoms with Crippen LogP contribution in [-0.4, -0.2) is 11.6 Å². The second-order valence-electron chi connectivity index (χ2n) is 4.21. The van der Waals surface area contributed by atoms with E-state index in [-0.39, 0.29) is 17.0 Å². The third-order valence-corrected chi connectivity index (χ3v) is 2.59. The largest absolute Gasteiger partial charge is 0.299 e. The Morgan fingerprint density at radius 3 is 2.62 bits per heavy atom. The fourth-order valence-corrected chi connectivity index (χ4v) is 1.43. The zero-order valence-electron chi connectivity index (χ0n) is 8.30. The van der Waals surface area contributed by atoms with Crippen LogP contribution >= 0.6 is 0 Å². The minimum absolute atomic E-state index is 0.141. The van der Waals surface area contributed by atoms with Crippen molar-refractivity contribution in [3.8, 4) is 0 Å². The van der Waals surface area contributed by atoms with Gasteiger partial charge in [0.15, 0.2) is 5.78 Å². The molecule has 0 saturated heterocycles. The molecule has 1 aliphatic carbocycles. The monoisotopic (exact) mass is 180 g/mol. The van der Waals surface area contributed by atoms with Gasteiger partial charge in [-0.1, -0.05) is 19.9 Å². The number of carbonyl (C=O) groups is 2. The highest BCUT2D eigenvalue weighted by atomic mass is 16.1. The summed E-state index contributed by atoms with van der Waals surface area (Å²) in [6.07, 6.45) is 5.85. The summed E-state index contributed by atoms with van der Waals surface area (Å²) in [7, 11) is 0. The SMILES string of the molecule is CC1(C)CCC(=O)/C=C/CCC1=O.